The first-order chi connectivity index (χ1) is 8.24. The number of fused-ring (bicyclic) bond motifs is 2. The molecule has 3 rings (SSSR count). The highest BCUT2D eigenvalue weighted by Gasteiger charge is 2.39. The Morgan fingerprint density at radius 1 is 1.47 bits per heavy atom. The number of nitrogens with one attached hydrogen (secondary N) is 2. The second-order valence-corrected chi connectivity index (χ2v) is 6.29. The molecule has 2 aliphatic carbocycles. The lowest BCUT2D eigenvalue weighted by atomic mass is 9.89. The first-order valence-corrected chi connectivity index (χ1v) is 7.29. The van der Waals surface area contributed by atoms with E-state index >= 15 is 0 Å². The van der Waals surface area contributed by atoms with Crippen LogP contribution in [0.3, 0.4) is 0 Å². The van der Waals surface area contributed by atoms with Crippen molar-refractivity contribution in [2.75, 3.05) is 11.9 Å². The minimum Gasteiger partial charge on any atom is -0.369 e. The molecule has 0 saturated heterocycles. The number of nitrogens with zero attached hydrogens (tertiary/aromatic N) is 1. The number of aromatic nitrogens is 2. The summed E-state index contributed by atoms with van der Waals surface area (Å²) in [6.45, 7) is 0.966. The summed E-state index contributed by atoms with van der Waals surface area (Å²) >= 11 is 2.05. The molecule has 3 atom stereocenters. The zero-order chi connectivity index (χ0) is 11.8. The Morgan fingerprint density at radius 2 is 2.35 bits per heavy atom. The molecule has 5 heteroatoms. The van der Waals surface area contributed by atoms with E-state index in [1.54, 1.807) is 0 Å². The fraction of sp³-hybridized carbons (Fsp3) is 0.667. The van der Waals surface area contributed by atoms with Gasteiger partial charge in [-0.15, -0.1) is 0 Å². The molecule has 2 fully saturated rings. The molecule has 1 heterocycles. The van der Waals surface area contributed by atoms with Gasteiger partial charge in [0.1, 0.15) is 9.39 Å². The van der Waals surface area contributed by atoms with Crippen molar-refractivity contribution in [3.8, 4) is 0 Å². The highest BCUT2D eigenvalue weighted by atomic mass is 127. The molecule has 2 N–H and O–H groups in total. The number of aromatic amines is 1. The lowest BCUT2D eigenvalue weighted by Gasteiger charge is -2.22. The van der Waals surface area contributed by atoms with Crippen LogP contribution in [0.15, 0.2) is 11.1 Å². The molecule has 0 radical (unpaired) electrons. The Bertz CT molecular complexity index is 473. The average Bonchev–Trinajstić information content (AvgIpc) is 2.93. The van der Waals surface area contributed by atoms with E-state index in [-0.39, 0.29) is 5.56 Å². The minimum absolute atomic E-state index is 0.0592. The zero-order valence-electron chi connectivity index (χ0n) is 9.58. The van der Waals surface area contributed by atoms with E-state index in [0.717, 1.165) is 30.1 Å². The van der Waals surface area contributed by atoms with Crippen molar-refractivity contribution < 1.29 is 0 Å². The number of halogens is 1. The van der Waals surface area contributed by atoms with Crippen molar-refractivity contribution >= 4 is 28.4 Å². The molecule has 3 unspecified atom stereocenters. The van der Waals surface area contributed by atoms with Crippen LogP contribution in [0.5, 0.6) is 0 Å². The SMILES string of the molecule is O=c1[nH]cnc(NCC2CC3CCC2C3)c1I. The van der Waals surface area contributed by atoms with Crippen LogP contribution in [-0.2, 0) is 0 Å². The normalized spacial score (nSPS) is 30.8. The van der Waals surface area contributed by atoms with Crippen LogP contribution in [-0.4, -0.2) is 16.5 Å². The highest BCUT2D eigenvalue weighted by Crippen LogP contribution is 2.48. The van der Waals surface area contributed by atoms with Gasteiger partial charge in [0.2, 0.25) is 0 Å². The predicted octanol–water partition coefficient (Wildman–Crippen LogP) is 2.22. The first-order valence-electron chi connectivity index (χ1n) is 6.21. The third-order valence-corrected chi connectivity index (χ3v) is 5.21. The van der Waals surface area contributed by atoms with Gasteiger partial charge in [-0.1, -0.05) is 6.42 Å². The lowest BCUT2D eigenvalue weighted by molar-refractivity contribution is 0.348. The second kappa shape index (κ2) is 4.59. The van der Waals surface area contributed by atoms with Crippen LogP contribution >= 0.6 is 22.6 Å². The van der Waals surface area contributed by atoms with Gasteiger partial charge in [-0.3, -0.25) is 4.79 Å². The van der Waals surface area contributed by atoms with Gasteiger partial charge < -0.3 is 10.3 Å². The van der Waals surface area contributed by atoms with Crippen LogP contribution < -0.4 is 10.9 Å². The lowest BCUT2D eigenvalue weighted by Crippen LogP contribution is -2.22. The Morgan fingerprint density at radius 3 is 3.06 bits per heavy atom. The van der Waals surface area contributed by atoms with E-state index in [9.17, 15) is 4.79 Å². The molecule has 0 aromatic carbocycles. The van der Waals surface area contributed by atoms with Gasteiger partial charge in [0.15, 0.2) is 0 Å². The number of hydrogen-bond acceptors (Lipinski definition) is 3. The second-order valence-electron chi connectivity index (χ2n) is 5.21. The topological polar surface area (TPSA) is 57.8 Å². The summed E-state index contributed by atoms with van der Waals surface area (Å²) in [6, 6.07) is 0. The minimum atomic E-state index is -0.0592. The van der Waals surface area contributed by atoms with Gasteiger partial charge in [-0.05, 0) is 59.6 Å². The van der Waals surface area contributed by atoms with Gasteiger partial charge >= 0.3 is 0 Å². The van der Waals surface area contributed by atoms with E-state index in [0.29, 0.717) is 3.57 Å². The summed E-state index contributed by atoms with van der Waals surface area (Å²) in [4.78, 5) is 18.2. The van der Waals surface area contributed by atoms with Crippen LogP contribution in [0.2, 0.25) is 0 Å². The zero-order valence-corrected chi connectivity index (χ0v) is 11.7. The average molecular weight is 345 g/mol. The van der Waals surface area contributed by atoms with Crippen LogP contribution in [0, 0.1) is 21.3 Å². The summed E-state index contributed by atoms with van der Waals surface area (Å²) in [7, 11) is 0. The number of H-pyrrole nitrogens is 1. The third-order valence-electron chi connectivity index (χ3n) is 4.21. The molecule has 1 aromatic rings. The largest absolute Gasteiger partial charge is 0.369 e. The fourth-order valence-electron chi connectivity index (χ4n) is 3.36. The van der Waals surface area contributed by atoms with E-state index in [1.807, 2.05) is 22.6 Å². The Labute approximate surface area is 114 Å². The van der Waals surface area contributed by atoms with Crippen LogP contribution in [0.1, 0.15) is 25.7 Å². The molecule has 0 spiro atoms. The molecule has 0 aliphatic heterocycles. The number of anilines is 1. The molecule has 0 amide bonds. The van der Waals surface area contributed by atoms with Gasteiger partial charge in [-0.2, -0.15) is 0 Å². The molecule has 2 saturated carbocycles. The smallest absolute Gasteiger partial charge is 0.266 e. The first kappa shape index (κ1) is 11.5. The van der Waals surface area contributed by atoms with E-state index < -0.39 is 0 Å². The Balaban J connectivity index is 1.64. The number of hydrogen-bond donors (Lipinski definition) is 2. The quantitative estimate of drug-likeness (QED) is 0.826. The van der Waals surface area contributed by atoms with Crippen LogP contribution in [0.25, 0.3) is 0 Å². The van der Waals surface area contributed by atoms with Crippen molar-refractivity contribution in [3.05, 3.63) is 20.3 Å². The van der Waals surface area contributed by atoms with E-state index in [1.165, 1.54) is 32.0 Å². The molecule has 2 bridgehead atoms. The monoisotopic (exact) mass is 345 g/mol. The summed E-state index contributed by atoms with van der Waals surface area (Å²) < 4.78 is 0.660. The summed E-state index contributed by atoms with van der Waals surface area (Å²) in [6.07, 6.45) is 7.08. The van der Waals surface area contributed by atoms with E-state index in [4.69, 9.17) is 0 Å². The third kappa shape index (κ3) is 2.21. The molecular formula is C12H16IN3O. The summed E-state index contributed by atoms with van der Waals surface area (Å²) in [5, 5.41) is 3.34. The van der Waals surface area contributed by atoms with Crippen molar-refractivity contribution in [1.29, 1.82) is 0 Å². The van der Waals surface area contributed by atoms with Gasteiger partial charge in [-0.25, -0.2) is 4.98 Å². The molecular weight excluding hydrogens is 329 g/mol. The number of rotatable bonds is 3. The van der Waals surface area contributed by atoms with Gasteiger partial charge in [0.05, 0.1) is 6.33 Å². The Hall–Kier alpha value is -0.590. The molecule has 2 aliphatic rings. The molecule has 4 nitrogen and oxygen atoms in total. The van der Waals surface area contributed by atoms with Crippen LogP contribution in [0.4, 0.5) is 5.82 Å². The maximum atomic E-state index is 11.4. The van der Waals surface area contributed by atoms with Gasteiger partial charge in [0.25, 0.3) is 5.56 Å². The maximum absolute atomic E-state index is 11.4. The van der Waals surface area contributed by atoms with Crippen molar-refractivity contribution in [2.24, 2.45) is 17.8 Å². The molecule has 17 heavy (non-hydrogen) atoms. The Kier molecular flexibility index (Phi) is 3.10. The summed E-state index contributed by atoms with van der Waals surface area (Å²) in [5.41, 5.74) is -0.0592. The standard InChI is InChI=1S/C12H16IN3O/c13-10-11(15-6-16-12(10)17)14-5-9-4-7-1-2-8(9)3-7/h6-9H,1-5H2,(H2,14,15,16,17). The highest BCUT2D eigenvalue weighted by molar-refractivity contribution is 14.1. The fourth-order valence-corrected chi connectivity index (χ4v) is 3.85. The van der Waals surface area contributed by atoms with Gasteiger partial charge in [0, 0.05) is 6.54 Å². The molecule has 92 valence electrons. The molecule has 1 aromatic heterocycles. The predicted molar refractivity (Wildman–Crippen MR) is 75.0 cm³/mol. The van der Waals surface area contributed by atoms with Crippen molar-refractivity contribution in [1.82, 2.24) is 9.97 Å². The van der Waals surface area contributed by atoms with Crippen molar-refractivity contribution in [2.45, 2.75) is 25.7 Å². The maximum Gasteiger partial charge on any atom is 0.266 e. The van der Waals surface area contributed by atoms with Crippen molar-refractivity contribution in [3.63, 3.8) is 0 Å². The van der Waals surface area contributed by atoms with E-state index in [2.05, 4.69) is 15.3 Å². The summed E-state index contributed by atoms with van der Waals surface area (Å²) in [5.74, 6) is 3.40.